The first-order valence-corrected chi connectivity index (χ1v) is 8.58. The molecule has 20 heavy (non-hydrogen) atoms. The third-order valence-corrected chi connectivity index (χ3v) is 5.50. The Bertz CT molecular complexity index is 632. The summed E-state index contributed by atoms with van der Waals surface area (Å²) in [5, 5.41) is 7.98. The summed E-state index contributed by atoms with van der Waals surface area (Å²) < 4.78 is 23.1. The fourth-order valence-electron chi connectivity index (χ4n) is 1.36. The van der Waals surface area contributed by atoms with E-state index in [2.05, 4.69) is 21.2 Å². The average molecular weight is 384 g/mol. The normalized spacial score (nSPS) is 13.3. The highest BCUT2D eigenvalue weighted by Crippen LogP contribution is 2.30. The minimum absolute atomic E-state index is 0.0529. The molecule has 1 aromatic carbocycles. The Morgan fingerprint density at radius 3 is 2.35 bits per heavy atom. The first kappa shape index (κ1) is 17.4. The summed E-state index contributed by atoms with van der Waals surface area (Å²) in [6, 6.07) is 2.54. The molecule has 1 atom stereocenters. The molecule has 1 amide bonds. The number of halogens is 2. The molecule has 1 rings (SSSR count). The summed E-state index contributed by atoms with van der Waals surface area (Å²) in [6.45, 7) is 5.80. The van der Waals surface area contributed by atoms with E-state index in [1.54, 1.807) is 0 Å². The smallest absolute Gasteiger partial charge is 0.251 e. The van der Waals surface area contributed by atoms with Crippen molar-refractivity contribution >= 4 is 43.5 Å². The van der Waals surface area contributed by atoms with Crippen LogP contribution in [0.25, 0.3) is 0 Å². The van der Waals surface area contributed by atoms with Crippen LogP contribution in [0.5, 0.6) is 0 Å². The van der Waals surface area contributed by atoms with Crippen LogP contribution in [-0.2, 0) is 10.0 Å². The van der Waals surface area contributed by atoms with Crippen molar-refractivity contribution in [3.05, 3.63) is 27.2 Å². The van der Waals surface area contributed by atoms with Crippen LogP contribution in [0.1, 0.15) is 31.1 Å². The van der Waals surface area contributed by atoms with Crippen molar-refractivity contribution in [3.8, 4) is 0 Å². The molecule has 3 N–H and O–H groups in total. The molecule has 112 valence electrons. The number of hydrogen-bond donors (Lipinski definition) is 2. The zero-order valence-corrected chi connectivity index (χ0v) is 14.4. The molecule has 0 saturated heterocycles. The number of primary sulfonamides is 1. The van der Waals surface area contributed by atoms with Gasteiger partial charge in [0, 0.05) is 11.6 Å². The highest BCUT2D eigenvalue weighted by Gasteiger charge is 2.20. The number of nitrogens with two attached hydrogens (primary N) is 1. The van der Waals surface area contributed by atoms with Crippen molar-refractivity contribution in [2.45, 2.75) is 31.7 Å². The van der Waals surface area contributed by atoms with Gasteiger partial charge >= 0.3 is 0 Å². The summed E-state index contributed by atoms with van der Waals surface area (Å²) in [6.07, 6.45) is 0. The number of sulfonamides is 1. The number of amides is 1. The summed E-state index contributed by atoms with van der Waals surface area (Å²) in [5.74, 6) is -0.145. The van der Waals surface area contributed by atoms with E-state index in [0.717, 1.165) is 0 Å². The Balaban J connectivity index is 3.21. The van der Waals surface area contributed by atoms with Crippen LogP contribution in [0.4, 0.5) is 0 Å². The van der Waals surface area contributed by atoms with E-state index in [0.29, 0.717) is 0 Å². The zero-order valence-electron chi connectivity index (χ0n) is 11.3. The maximum atomic E-state index is 12.1. The maximum absolute atomic E-state index is 12.1. The van der Waals surface area contributed by atoms with Gasteiger partial charge in [0.15, 0.2) is 0 Å². The lowest BCUT2D eigenvalue weighted by atomic mass is 10.1. The third kappa shape index (κ3) is 4.18. The molecule has 1 unspecified atom stereocenters. The van der Waals surface area contributed by atoms with Crippen LogP contribution >= 0.6 is 27.5 Å². The van der Waals surface area contributed by atoms with Gasteiger partial charge in [-0.25, -0.2) is 13.6 Å². The Morgan fingerprint density at radius 1 is 1.35 bits per heavy atom. The SMILES string of the molecule is CC(C)C(C)NC(=O)c1cc(Cl)c(Br)c(S(N)(=O)=O)c1. The molecule has 0 saturated carbocycles. The Kier molecular flexibility index (Phi) is 5.60. The van der Waals surface area contributed by atoms with E-state index in [-0.39, 0.29) is 31.9 Å². The van der Waals surface area contributed by atoms with Gasteiger partial charge in [-0.2, -0.15) is 0 Å². The average Bonchev–Trinajstić information content (AvgIpc) is 2.30. The fourth-order valence-corrected chi connectivity index (χ4v) is 3.19. The van der Waals surface area contributed by atoms with Crippen molar-refractivity contribution < 1.29 is 13.2 Å². The standard InChI is InChI=1S/C12H16BrClN2O3S/c1-6(2)7(3)16-12(17)8-4-9(14)11(13)10(5-8)20(15,18)19/h4-7H,1-3H3,(H,16,17)(H2,15,18,19). The van der Waals surface area contributed by atoms with Gasteiger partial charge in [-0.15, -0.1) is 0 Å². The second-order valence-corrected chi connectivity index (χ2v) is 7.55. The molecule has 5 nitrogen and oxygen atoms in total. The molecular formula is C12H16BrClN2O3S. The second kappa shape index (κ2) is 6.43. The number of rotatable bonds is 4. The molecular weight excluding hydrogens is 368 g/mol. The number of carbonyl (C=O) groups is 1. The van der Waals surface area contributed by atoms with Gasteiger partial charge in [0.05, 0.1) is 14.4 Å². The summed E-state index contributed by atoms with van der Waals surface area (Å²) in [7, 11) is -3.97. The first-order valence-electron chi connectivity index (χ1n) is 5.86. The van der Waals surface area contributed by atoms with E-state index in [1.807, 2.05) is 20.8 Å². The minimum atomic E-state index is -3.97. The highest BCUT2D eigenvalue weighted by atomic mass is 79.9. The fraction of sp³-hybridized carbons (Fsp3) is 0.417. The van der Waals surface area contributed by atoms with Crippen LogP contribution in [0.3, 0.4) is 0 Å². The van der Waals surface area contributed by atoms with Gasteiger partial charge in [-0.1, -0.05) is 25.4 Å². The highest BCUT2D eigenvalue weighted by molar-refractivity contribution is 9.10. The summed E-state index contributed by atoms with van der Waals surface area (Å²) in [5.41, 5.74) is 0.148. The second-order valence-electron chi connectivity index (χ2n) is 4.82. The molecule has 1 aromatic rings. The van der Waals surface area contributed by atoms with Crippen LogP contribution in [-0.4, -0.2) is 20.4 Å². The van der Waals surface area contributed by atoms with Gasteiger partial charge in [0.25, 0.3) is 5.91 Å². The Morgan fingerprint density at radius 2 is 1.90 bits per heavy atom. The maximum Gasteiger partial charge on any atom is 0.251 e. The Hall–Kier alpha value is -0.630. The van der Waals surface area contributed by atoms with Gasteiger partial charge in [0.2, 0.25) is 10.0 Å². The lowest BCUT2D eigenvalue weighted by molar-refractivity contribution is 0.0930. The molecule has 0 aliphatic rings. The minimum Gasteiger partial charge on any atom is -0.349 e. The topological polar surface area (TPSA) is 89.3 Å². The van der Waals surface area contributed by atoms with Crippen LogP contribution in [0, 0.1) is 5.92 Å². The van der Waals surface area contributed by atoms with E-state index in [4.69, 9.17) is 16.7 Å². The van der Waals surface area contributed by atoms with E-state index < -0.39 is 15.9 Å². The van der Waals surface area contributed by atoms with E-state index in [1.165, 1.54) is 12.1 Å². The predicted octanol–water partition coefficient (Wildman–Crippen LogP) is 2.52. The Labute approximate surface area is 132 Å². The van der Waals surface area contributed by atoms with E-state index in [9.17, 15) is 13.2 Å². The lowest BCUT2D eigenvalue weighted by Gasteiger charge is -2.18. The number of nitrogens with one attached hydrogen (secondary N) is 1. The first-order chi connectivity index (χ1) is 9.04. The largest absolute Gasteiger partial charge is 0.349 e. The molecule has 0 aliphatic carbocycles. The van der Waals surface area contributed by atoms with Gasteiger partial charge in [0.1, 0.15) is 0 Å². The van der Waals surface area contributed by atoms with Crippen LogP contribution in [0.15, 0.2) is 21.5 Å². The lowest BCUT2D eigenvalue weighted by Crippen LogP contribution is -2.36. The molecule has 0 radical (unpaired) electrons. The summed E-state index contributed by atoms with van der Waals surface area (Å²) >= 11 is 8.97. The number of hydrogen-bond acceptors (Lipinski definition) is 3. The third-order valence-electron chi connectivity index (χ3n) is 2.92. The van der Waals surface area contributed by atoms with Crippen molar-refractivity contribution in [1.82, 2.24) is 5.32 Å². The molecule has 8 heteroatoms. The molecule has 0 aliphatic heterocycles. The van der Waals surface area contributed by atoms with Gasteiger partial charge in [-0.05, 0) is 40.9 Å². The van der Waals surface area contributed by atoms with Crippen LogP contribution in [0.2, 0.25) is 5.02 Å². The van der Waals surface area contributed by atoms with E-state index >= 15 is 0 Å². The molecule has 0 bridgehead atoms. The van der Waals surface area contributed by atoms with Gasteiger partial charge in [-0.3, -0.25) is 4.79 Å². The van der Waals surface area contributed by atoms with Crippen molar-refractivity contribution in [1.29, 1.82) is 0 Å². The molecule has 0 fully saturated rings. The predicted molar refractivity (Wildman–Crippen MR) is 82.3 cm³/mol. The van der Waals surface area contributed by atoms with Gasteiger partial charge < -0.3 is 5.32 Å². The summed E-state index contributed by atoms with van der Waals surface area (Å²) in [4.78, 5) is 11.9. The van der Waals surface area contributed by atoms with Crippen molar-refractivity contribution in [3.63, 3.8) is 0 Å². The molecule has 0 spiro atoms. The molecule has 0 aromatic heterocycles. The monoisotopic (exact) mass is 382 g/mol. The number of benzene rings is 1. The quantitative estimate of drug-likeness (QED) is 0.837. The molecule has 0 heterocycles. The van der Waals surface area contributed by atoms with Crippen LogP contribution < -0.4 is 10.5 Å². The number of carbonyl (C=O) groups excluding carboxylic acids is 1. The van der Waals surface area contributed by atoms with Crippen molar-refractivity contribution in [2.75, 3.05) is 0 Å². The van der Waals surface area contributed by atoms with Crippen molar-refractivity contribution in [2.24, 2.45) is 11.1 Å². The zero-order chi connectivity index (χ0) is 15.7.